The summed E-state index contributed by atoms with van der Waals surface area (Å²) in [7, 11) is 0. The number of aryl methyl sites for hydroxylation is 2. The summed E-state index contributed by atoms with van der Waals surface area (Å²) in [5, 5.41) is 9.64. The summed E-state index contributed by atoms with van der Waals surface area (Å²) >= 11 is 0. The number of carbonyl (C=O) groups excluding carboxylic acids is 1. The zero-order valence-corrected chi connectivity index (χ0v) is 13.8. The van der Waals surface area contributed by atoms with Crippen molar-refractivity contribution in [2.24, 2.45) is 0 Å². The summed E-state index contributed by atoms with van der Waals surface area (Å²) in [5.74, 6) is 0.481. The molecule has 5 nitrogen and oxygen atoms in total. The van der Waals surface area contributed by atoms with Gasteiger partial charge in [0.05, 0.1) is 11.7 Å². The van der Waals surface area contributed by atoms with Gasteiger partial charge in [0.2, 0.25) is 0 Å². The molecule has 0 radical (unpaired) electrons. The number of carbonyl (C=O) groups is 1. The Hall–Kier alpha value is -2.37. The van der Waals surface area contributed by atoms with Crippen LogP contribution in [0.15, 0.2) is 28.8 Å². The van der Waals surface area contributed by atoms with Crippen molar-refractivity contribution in [3.05, 3.63) is 52.7 Å². The fraction of sp³-hybridized carbons (Fsp3) is 0.412. The molecular weight excluding hydrogens is 297 g/mol. The van der Waals surface area contributed by atoms with Gasteiger partial charge in [0, 0.05) is 11.6 Å². The topological polar surface area (TPSA) is 67.2 Å². The van der Waals surface area contributed by atoms with Crippen molar-refractivity contribution in [2.75, 3.05) is 0 Å². The van der Waals surface area contributed by atoms with E-state index in [1.807, 2.05) is 27.7 Å². The van der Waals surface area contributed by atoms with Crippen molar-refractivity contribution in [3.63, 3.8) is 0 Å². The second kappa shape index (κ2) is 7.26. The largest absolute Gasteiger partial charge is 0.361 e. The van der Waals surface area contributed by atoms with Crippen molar-refractivity contribution in [3.8, 4) is 0 Å². The minimum absolute atomic E-state index is 0.0628. The molecule has 2 atom stereocenters. The number of halogens is 1. The van der Waals surface area contributed by atoms with E-state index in [4.69, 9.17) is 4.52 Å². The summed E-state index contributed by atoms with van der Waals surface area (Å²) in [4.78, 5) is 12.1. The number of rotatable bonds is 5. The van der Waals surface area contributed by atoms with Gasteiger partial charge in [0.25, 0.3) is 0 Å². The Labute approximate surface area is 135 Å². The Kier molecular flexibility index (Phi) is 5.36. The first-order valence-electron chi connectivity index (χ1n) is 7.61. The van der Waals surface area contributed by atoms with Gasteiger partial charge in [-0.25, -0.2) is 9.18 Å². The maximum atomic E-state index is 12.9. The van der Waals surface area contributed by atoms with E-state index in [9.17, 15) is 9.18 Å². The lowest BCUT2D eigenvalue weighted by molar-refractivity contribution is 0.234. The van der Waals surface area contributed by atoms with Crippen LogP contribution in [0.4, 0.5) is 9.18 Å². The molecule has 6 heteroatoms. The molecule has 2 amide bonds. The van der Waals surface area contributed by atoms with Crippen molar-refractivity contribution >= 4 is 6.03 Å². The standard InChI is InChI=1S/C17H22FN3O2/c1-10(9-16-12(3)21-23-13(16)4)19-17(22)20-11(2)14-5-7-15(18)8-6-14/h5-8,10-11H,9H2,1-4H3,(H2,19,20,22)/t10-,11+/m1/s1. The molecule has 1 aromatic heterocycles. The first-order chi connectivity index (χ1) is 10.9. The van der Waals surface area contributed by atoms with Crippen LogP contribution in [0.3, 0.4) is 0 Å². The Balaban J connectivity index is 1.87. The Morgan fingerprint density at radius 2 is 1.87 bits per heavy atom. The molecular formula is C17H22FN3O2. The predicted molar refractivity (Wildman–Crippen MR) is 85.6 cm³/mol. The average Bonchev–Trinajstić information content (AvgIpc) is 2.79. The van der Waals surface area contributed by atoms with E-state index < -0.39 is 0 Å². The third-order valence-electron chi connectivity index (χ3n) is 3.79. The Morgan fingerprint density at radius 3 is 2.43 bits per heavy atom. The summed E-state index contributed by atoms with van der Waals surface area (Å²) in [5.41, 5.74) is 2.71. The number of benzene rings is 1. The number of aromatic nitrogens is 1. The van der Waals surface area contributed by atoms with E-state index in [0.29, 0.717) is 6.42 Å². The maximum Gasteiger partial charge on any atom is 0.315 e. The molecule has 0 spiro atoms. The molecule has 0 saturated carbocycles. The summed E-state index contributed by atoms with van der Waals surface area (Å²) in [6, 6.07) is 5.55. The predicted octanol–water partition coefficient (Wildman–Crippen LogP) is 3.42. The van der Waals surface area contributed by atoms with Crippen molar-refractivity contribution < 1.29 is 13.7 Å². The van der Waals surface area contributed by atoms with E-state index in [1.54, 1.807) is 12.1 Å². The van der Waals surface area contributed by atoms with Crippen molar-refractivity contribution in [1.82, 2.24) is 15.8 Å². The highest BCUT2D eigenvalue weighted by Gasteiger charge is 2.16. The highest BCUT2D eigenvalue weighted by atomic mass is 19.1. The molecule has 0 saturated heterocycles. The summed E-state index contributed by atoms with van der Waals surface area (Å²) in [6.07, 6.45) is 0.652. The molecule has 0 aliphatic rings. The summed E-state index contributed by atoms with van der Waals surface area (Å²) < 4.78 is 18.0. The van der Waals surface area contributed by atoms with Crippen molar-refractivity contribution in [2.45, 2.75) is 46.2 Å². The SMILES string of the molecule is Cc1noc(C)c1C[C@@H](C)NC(=O)N[C@@H](C)c1ccc(F)cc1. The molecule has 2 rings (SSSR count). The monoisotopic (exact) mass is 319 g/mol. The smallest absolute Gasteiger partial charge is 0.315 e. The molecule has 1 aromatic carbocycles. The number of hydrogen-bond donors (Lipinski definition) is 2. The maximum absolute atomic E-state index is 12.9. The van der Waals surface area contributed by atoms with Gasteiger partial charge in [-0.2, -0.15) is 0 Å². The highest BCUT2D eigenvalue weighted by molar-refractivity contribution is 5.74. The fourth-order valence-corrected chi connectivity index (χ4v) is 2.45. The lowest BCUT2D eigenvalue weighted by Crippen LogP contribution is -2.42. The van der Waals surface area contributed by atoms with Crippen LogP contribution in [0.25, 0.3) is 0 Å². The molecule has 0 aliphatic carbocycles. The normalized spacial score (nSPS) is 13.4. The molecule has 124 valence electrons. The van der Waals surface area contributed by atoms with E-state index >= 15 is 0 Å². The van der Waals surface area contributed by atoms with Crippen LogP contribution in [0.5, 0.6) is 0 Å². The third kappa shape index (κ3) is 4.55. The van der Waals surface area contributed by atoms with Crippen LogP contribution >= 0.6 is 0 Å². The van der Waals surface area contributed by atoms with Gasteiger partial charge in [0.15, 0.2) is 0 Å². The zero-order chi connectivity index (χ0) is 17.0. The average molecular weight is 319 g/mol. The Bertz CT molecular complexity index is 647. The van der Waals surface area contributed by atoms with E-state index in [0.717, 1.165) is 22.6 Å². The molecule has 0 unspecified atom stereocenters. The van der Waals surface area contributed by atoms with Crippen molar-refractivity contribution in [1.29, 1.82) is 0 Å². The number of nitrogens with one attached hydrogen (secondary N) is 2. The van der Waals surface area contributed by atoms with E-state index in [-0.39, 0.29) is 23.9 Å². The number of amides is 2. The molecule has 0 aliphatic heterocycles. The van der Waals surface area contributed by atoms with Crippen LogP contribution in [-0.2, 0) is 6.42 Å². The molecule has 2 aromatic rings. The molecule has 2 N–H and O–H groups in total. The minimum Gasteiger partial charge on any atom is -0.361 e. The number of nitrogens with zero attached hydrogens (tertiary/aromatic N) is 1. The van der Waals surface area contributed by atoms with Crippen LogP contribution in [0, 0.1) is 19.7 Å². The molecule has 0 bridgehead atoms. The van der Waals surface area contributed by atoms with Gasteiger partial charge < -0.3 is 15.2 Å². The fourth-order valence-electron chi connectivity index (χ4n) is 2.45. The lowest BCUT2D eigenvalue weighted by atomic mass is 10.1. The minimum atomic E-state index is -0.293. The van der Waals surface area contributed by atoms with E-state index in [1.165, 1.54) is 12.1 Å². The second-order valence-corrected chi connectivity index (χ2v) is 5.80. The van der Waals surface area contributed by atoms with E-state index in [2.05, 4.69) is 15.8 Å². The molecule has 23 heavy (non-hydrogen) atoms. The van der Waals surface area contributed by atoms with Gasteiger partial charge in [-0.15, -0.1) is 0 Å². The van der Waals surface area contributed by atoms with Crippen LogP contribution in [-0.4, -0.2) is 17.2 Å². The lowest BCUT2D eigenvalue weighted by Gasteiger charge is -2.18. The van der Waals surface area contributed by atoms with Gasteiger partial charge >= 0.3 is 6.03 Å². The number of hydrogen-bond acceptors (Lipinski definition) is 3. The molecule has 0 fully saturated rings. The van der Waals surface area contributed by atoms with Crippen LogP contribution < -0.4 is 10.6 Å². The third-order valence-corrected chi connectivity index (χ3v) is 3.79. The quantitative estimate of drug-likeness (QED) is 0.887. The number of urea groups is 1. The Morgan fingerprint density at radius 1 is 1.22 bits per heavy atom. The van der Waals surface area contributed by atoms with Gasteiger partial charge in [-0.3, -0.25) is 0 Å². The van der Waals surface area contributed by atoms with Gasteiger partial charge in [0.1, 0.15) is 11.6 Å². The highest BCUT2D eigenvalue weighted by Crippen LogP contribution is 2.15. The van der Waals surface area contributed by atoms with Crippen LogP contribution in [0.2, 0.25) is 0 Å². The van der Waals surface area contributed by atoms with Gasteiger partial charge in [-0.1, -0.05) is 17.3 Å². The first kappa shape index (κ1) is 17.0. The second-order valence-electron chi connectivity index (χ2n) is 5.80. The molecule has 1 heterocycles. The summed E-state index contributed by atoms with van der Waals surface area (Å²) in [6.45, 7) is 7.52. The zero-order valence-electron chi connectivity index (χ0n) is 13.8. The van der Waals surface area contributed by atoms with Crippen LogP contribution in [0.1, 0.15) is 42.5 Å². The first-order valence-corrected chi connectivity index (χ1v) is 7.61. The van der Waals surface area contributed by atoms with Gasteiger partial charge in [-0.05, 0) is 51.8 Å².